The first-order chi connectivity index (χ1) is 9.63. The zero-order chi connectivity index (χ0) is 14.1. The minimum Gasteiger partial charge on any atom is -0.383 e. The molecular formula is C14H15N5O. The van der Waals surface area contributed by atoms with Gasteiger partial charge in [0.15, 0.2) is 0 Å². The van der Waals surface area contributed by atoms with Crippen LogP contribution in [0.2, 0.25) is 0 Å². The van der Waals surface area contributed by atoms with Gasteiger partial charge in [0.05, 0.1) is 25.2 Å². The van der Waals surface area contributed by atoms with E-state index >= 15 is 0 Å². The average molecular weight is 269 g/mol. The molecule has 1 aromatic heterocycles. The number of nitrogens with two attached hydrogens (primary N) is 2. The van der Waals surface area contributed by atoms with E-state index in [9.17, 15) is 4.79 Å². The summed E-state index contributed by atoms with van der Waals surface area (Å²) in [7, 11) is 0. The van der Waals surface area contributed by atoms with Gasteiger partial charge in [0.2, 0.25) is 11.9 Å². The van der Waals surface area contributed by atoms with Gasteiger partial charge in [-0.3, -0.25) is 4.79 Å². The molecule has 6 nitrogen and oxygen atoms in total. The molecule has 1 aliphatic heterocycles. The van der Waals surface area contributed by atoms with Crippen LogP contribution in [0.15, 0.2) is 30.3 Å². The summed E-state index contributed by atoms with van der Waals surface area (Å²) >= 11 is 0. The number of benzene rings is 1. The van der Waals surface area contributed by atoms with Crippen molar-refractivity contribution < 1.29 is 4.79 Å². The van der Waals surface area contributed by atoms with Crippen LogP contribution in [0.4, 0.5) is 11.8 Å². The summed E-state index contributed by atoms with van der Waals surface area (Å²) in [6.45, 7) is 0.894. The van der Waals surface area contributed by atoms with Crippen LogP contribution in [0.3, 0.4) is 0 Å². The second-order valence-corrected chi connectivity index (χ2v) is 4.80. The predicted molar refractivity (Wildman–Crippen MR) is 75.3 cm³/mol. The lowest BCUT2D eigenvalue weighted by Gasteiger charge is -2.14. The number of carbonyl (C=O) groups is 1. The average Bonchev–Trinajstić information content (AvgIpc) is 2.84. The molecule has 102 valence electrons. The summed E-state index contributed by atoms with van der Waals surface area (Å²) in [6, 6.07) is 9.65. The molecule has 2 heterocycles. The predicted octanol–water partition coefficient (Wildman–Crippen LogP) is 0.726. The molecule has 0 aliphatic carbocycles. The number of amides is 1. The molecule has 0 spiro atoms. The molecule has 1 aromatic carbocycles. The molecule has 0 atom stereocenters. The summed E-state index contributed by atoms with van der Waals surface area (Å²) in [5.74, 6) is 0.563. The molecule has 0 saturated heterocycles. The molecular weight excluding hydrogens is 254 g/mol. The van der Waals surface area contributed by atoms with Gasteiger partial charge in [0.1, 0.15) is 5.82 Å². The second kappa shape index (κ2) is 4.80. The minimum atomic E-state index is 0.0483. The van der Waals surface area contributed by atoms with Crippen LogP contribution in [-0.4, -0.2) is 20.8 Å². The Balaban J connectivity index is 1.75. The summed E-state index contributed by atoms with van der Waals surface area (Å²) in [6.07, 6.45) is 0.373. The maximum absolute atomic E-state index is 12.3. The highest BCUT2D eigenvalue weighted by Crippen LogP contribution is 2.26. The Labute approximate surface area is 116 Å². The van der Waals surface area contributed by atoms with Gasteiger partial charge in [0, 0.05) is 5.56 Å². The molecule has 0 fully saturated rings. The summed E-state index contributed by atoms with van der Waals surface area (Å²) in [5, 5.41) is 0. The number of hydrogen-bond donors (Lipinski definition) is 2. The van der Waals surface area contributed by atoms with Crippen LogP contribution in [0.1, 0.15) is 16.8 Å². The maximum Gasteiger partial charge on any atom is 0.227 e. The van der Waals surface area contributed by atoms with Crippen molar-refractivity contribution in [2.75, 3.05) is 11.5 Å². The van der Waals surface area contributed by atoms with Gasteiger partial charge in [-0.2, -0.15) is 4.98 Å². The fourth-order valence-corrected chi connectivity index (χ4v) is 2.36. The first kappa shape index (κ1) is 12.4. The molecule has 1 aliphatic rings. The number of rotatable bonds is 2. The van der Waals surface area contributed by atoms with E-state index in [1.54, 1.807) is 4.90 Å². The largest absolute Gasteiger partial charge is 0.383 e. The van der Waals surface area contributed by atoms with Crippen LogP contribution in [0.25, 0.3) is 0 Å². The Morgan fingerprint density at radius 1 is 1.15 bits per heavy atom. The highest BCUT2D eigenvalue weighted by Gasteiger charge is 2.27. The highest BCUT2D eigenvalue weighted by atomic mass is 16.2. The fourth-order valence-electron chi connectivity index (χ4n) is 2.36. The number of nitrogen functional groups attached to an aromatic ring is 2. The number of fused-ring (bicyclic) bond motifs is 1. The molecule has 20 heavy (non-hydrogen) atoms. The third kappa shape index (κ3) is 2.27. The Kier molecular flexibility index (Phi) is 2.98. The number of anilines is 2. The first-order valence-electron chi connectivity index (χ1n) is 6.36. The SMILES string of the molecule is Nc1nc(N)c2c(n1)CN(C(=O)Cc1ccccc1)C2. The Bertz CT molecular complexity index is 656. The standard InChI is InChI=1S/C14H15N5O/c15-13-10-7-19(8-11(10)17-14(16)18-13)12(20)6-9-4-2-1-3-5-9/h1-5H,6-8H2,(H4,15,16,17,18). The minimum absolute atomic E-state index is 0.0483. The van der Waals surface area contributed by atoms with E-state index in [0.29, 0.717) is 25.3 Å². The van der Waals surface area contributed by atoms with Crippen LogP contribution >= 0.6 is 0 Å². The lowest BCUT2D eigenvalue weighted by molar-refractivity contribution is -0.131. The van der Waals surface area contributed by atoms with Gasteiger partial charge in [0.25, 0.3) is 0 Å². The van der Waals surface area contributed by atoms with Crippen molar-refractivity contribution >= 4 is 17.7 Å². The van der Waals surface area contributed by atoms with Gasteiger partial charge in [-0.15, -0.1) is 0 Å². The Morgan fingerprint density at radius 2 is 1.90 bits per heavy atom. The van der Waals surface area contributed by atoms with Crippen molar-refractivity contribution in [1.82, 2.24) is 14.9 Å². The molecule has 0 radical (unpaired) electrons. The third-order valence-electron chi connectivity index (χ3n) is 3.38. The van der Waals surface area contributed by atoms with Gasteiger partial charge in [-0.05, 0) is 5.56 Å². The van der Waals surface area contributed by atoms with Crippen molar-refractivity contribution in [2.24, 2.45) is 0 Å². The summed E-state index contributed by atoms with van der Waals surface area (Å²) in [5.41, 5.74) is 13.9. The quantitative estimate of drug-likeness (QED) is 0.837. The fraction of sp³-hybridized carbons (Fsp3) is 0.214. The van der Waals surface area contributed by atoms with E-state index in [2.05, 4.69) is 9.97 Å². The van der Waals surface area contributed by atoms with E-state index in [1.807, 2.05) is 30.3 Å². The van der Waals surface area contributed by atoms with Crippen molar-refractivity contribution in [1.29, 1.82) is 0 Å². The van der Waals surface area contributed by atoms with Crippen molar-refractivity contribution in [3.8, 4) is 0 Å². The van der Waals surface area contributed by atoms with E-state index in [-0.39, 0.29) is 11.9 Å². The normalized spacial score (nSPS) is 13.3. The third-order valence-corrected chi connectivity index (χ3v) is 3.38. The van der Waals surface area contributed by atoms with Crippen LogP contribution in [-0.2, 0) is 24.3 Å². The van der Waals surface area contributed by atoms with E-state index in [0.717, 1.165) is 16.8 Å². The topological polar surface area (TPSA) is 98.1 Å². The van der Waals surface area contributed by atoms with Crippen molar-refractivity contribution in [2.45, 2.75) is 19.5 Å². The molecule has 0 unspecified atom stereocenters. The van der Waals surface area contributed by atoms with Gasteiger partial charge in [-0.1, -0.05) is 30.3 Å². The zero-order valence-corrected chi connectivity index (χ0v) is 10.9. The van der Waals surface area contributed by atoms with Gasteiger partial charge in [-0.25, -0.2) is 4.98 Å². The monoisotopic (exact) mass is 269 g/mol. The second-order valence-electron chi connectivity index (χ2n) is 4.80. The Hall–Kier alpha value is -2.63. The molecule has 6 heteroatoms. The van der Waals surface area contributed by atoms with Crippen molar-refractivity contribution in [3.63, 3.8) is 0 Å². The van der Waals surface area contributed by atoms with E-state index in [4.69, 9.17) is 11.5 Å². The van der Waals surface area contributed by atoms with E-state index < -0.39 is 0 Å². The Morgan fingerprint density at radius 3 is 2.65 bits per heavy atom. The molecule has 1 amide bonds. The molecule has 3 rings (SSSR count). The molecule has 2 aromatic rings. The van der Waals surface area contributed by atoms with Gasteiger partial charge < -0.3 is 16.4 Å². The van der Waals surface area contributed by atoms with Crippen LogP contribution < -0.4 is 11.5 Å². The molecule has 0 bridgehead atoms. The van der Waals surface area contributed by atoms with Gasteiger partial charge >= 0.3 is 0 Å². The van der Waals surface area contributed by atoms with Crippen molar-refractivity contribution in [3.05, 3.63) is 47.2 Å². The maximum atomic E-state index is 12.3. The highest BCUT2D eigenvalue weighted by molar-refractivity contribution is 5.79. The number of aromatic nitrogens is 2. The lowest BCUT2D eigenvalue weighted by atomic mass is 10.1. The summed E-state index contributed by atoms with van der Waals surface area (Å²) < 4.78 is 0. The summed E-state index contributed by atoms with van der Waals surface area (Å²) in [4.78, 5) is 22.1. The first-order valence-corrected chi connectivity index (χ1v) is 6.36. The molecule has 4 N–H and O–H groups in total. The van der Waals surface area contributed by atoms with Crippen LogP contribution in [0.5, 0.6) is 0 Å². The molecule has 0 saturated carbocycles. The van der Waals surface area contributed by atoms with E-state index in [1.165, 1.54) is 0 Å². The number of hydrogen-bond acceptors (Lipinski definition) is 5. The zero-order valence-electron chi connectivity index (χ0n) is 10.9. The smallest absolute Gasteiger partial charge is 0.227 e. The van der Waals surface area contributed by atoms with Crippen LogP contribution in [0, 0.1) is 0 Å². The number of carbonyl (C=O) groups excluding carboxylic acids is 1. The lowest BCUT2D eigenvalue weighted by Crippen LogP contribution is -2.27. The number of nitrogens with zero attached hydrogens (tertiary/aromatic N) is 3.